The average Bonchev–Trinajstić information content (AvgIpc) is 3.07. The van der Waals surface area contributed by atoms with Crippen LogP contribution < -0.4 is 0 Å². The van der Waals surface area contributed by atoms with Crippen molar-refractivity contribution in [3.8, 4) is 0 Å². The van der Waals surface area contributed by atoms with Crippen LogP contribution >= 0.6 is 27.5 Å². The second-order valence-electron chi connectivity index (χ2n) is 6.32. The van der Waals surface area contributed by atoms with E-state index in [2.05, 4.69) is 52.5 Å². The van der Waals surface area contributed by atoms with Crippen LogP contribution in [-0.4, -0.2) is 9.55 Å². The van der Waals surface area contributed by atoms with E-state index in [0.29, 0.717) is 11.3 Å². The smallest absolute Gasteiger partial charge is 0.127 e. The molecular formula is C16H20BrClN2. The van der Waals surface area contributed by atoms with Gasteiger partial charge < -0.3 is 4.57 Å². The average molecular weight is 356 g/mol. The van der Waals surface area contributed by atoms with E-state index in [1.807, 2.05) is 6.92 Å². The van der Waals surface area contributed by atoms with Gasteiger partial charge in [0.25, 0.3) is 0 Å². The third-order valence-corrected chi connectivity index (χ3v) is 5.37. The van der Waals surface area contributed by atoms with E-state index < -0.39 is 0 Å². The van der Waals surface area contributed by atoms with Gasteiger partial charge in [0.15, 0.2) is 0 Å². The maximum absolute atomic E-state index is 6.35. The lowest BCUT2D eigenvalue weighted by atomic mass is 9.92. The highest BCUT2D eigenvalue weighted by Gasteiger charge is 2.46. The second kappa shape index (κ2) is 5.03. The normalized spacial score (nSPS) is 18.7. The van der Waals surface area contributed by atoms with Crippen molar-refractivity contribution in [2.24, 2.45) is 11.3 Å². The zero-order chi connectivity index (χ0) is 14.5. The molecule has 20 heavy (non-hydrogen) atoms. The molecule has 0 saturated heterocycles. The Balaban J connectivity index is 2.10. The fourth-order valence-corrected chi connectivity index (χ4v) is 3.50. The third kappa shape index (κ3) is 2.39. The maximum atomic E-state index is 6.35. The molecule has 0 amide bonds. The Bertz CT molecular complexity index is 641. The van der Waals surface area contributed by atoms with E-state index in [1.165, 1.54) is 18.4 Å². The highest BCUT2D eigenvalue weighted by atomic mass is 79.9. The van der Waals surface area contributed by atoms with Gasteiger partial charge in [-0.2, -0.15) is 0 Å². The number of benzene rings is 1. The van der Waals surface area contributed by atoms with Crippen molar-refractivity contribution in [2.75, 3.05) is 0 Å². The molecule has 1 saturated carbocycles. The summed E-state index contributed by atoms with van der Waals surface area (Å²) in [5.41, 5.74) is 2.67. The summed E-state index contributed by atoms with van der Waals surface area (Å²) in [6.07, 6.45) is 2.63. The van der Waals surface area contributed by atoms with Gasteiger partial charge in [0, 0.05) is 11.0 Å². The van der Waals surface area contributed by atoms with Gasteiger partial charge in [-0.3, -0.25) is 0 Å². The highest BCUT2D eigenvalue weighted by molar-refractivity contribution is 9.10. The number of hydrogen-bond acceptors (Lipinski definition) is 1. The van der Waals surface area contributed by atoms with Crippen molar-refractivity contribution in [3.05, 3.63) is 28.5 Å². The zero-order valence-corrected chi connectivity index (χ0v) is 14.5. The molecule has 1 aromatic carbocycles. The van der Waals surface area contributed by atoms with E-state index in [9.17, 15) is 0 Å². The number of hydrogen-bond donors (Lipinski definition) is 0. The fourth-order valence-electron chi connectivity index (χ4n) is 2.98. The molecule has 108 valence electrons. The van der Waals surface area contributed by atoms with Gasteiger partial charge in [0.1, 0.15) is 5.82 Å². The molecule has 1 aliphatic rings. The van der Waals surface area contributed by atoms with Gasteiger partial charge in [-0.1, -0.05) is 29.8 Å². The van der Waals surface area contributed by atoms with Crippen LogP contribution in [0, 0.1) is 11.3 Å². The molecule has 1 atom stereocenters. The molecule has 0 spiro atoms. The molecular weight excluding hydrogens is 336 g/mol. The van der Waals surface area contributed by atoms with Crippen molar-refractivity contribution < 1.29 is 0 Å². The second-order valence-corrected chi connectivity index (χ2v) is 7.89. The molecule has 1 unspecified atom stereocenters. The van der Waals surface area contributed by atoms with Crippen LogP contribution in [0.3, 0.4) is 0 Å². The van der Waals surface area contributed by atoms with E-state index in [4.69, 9.17) is 16.6 Å². The first-order valence-electron chi connectivity index (χ1n) is 7.23. The van der Waals surface area contributed by atoms with Crippen LogP contribution in [0.5, 0.6) is 0 Å². The first-order valence-corrected chi connectivity index (χ1v) is 8.46. The van der Waals surface area contributed by atoms with E-state index in [0.717, 1.165) is 22.4 Å². The first kappa shape index (κ1) is 14.4. The number of rotatable bonds is 4. The van der Waals surface area contributed by atoms with E-state index in [-0.39, 0.29) is 5.38 Å². The lowest BCUT2D eigenvalue weighted by Crippen LogP contribution is -2.19. The van der Waals surface area contributed by atoms with Gasteiger partial charge in [0.05, 0.1) is 16.4 Å². The molecule has 1 aromatic heterocycles. The molecule has 2 nitrogen and oxygen atoms in total. The van der Waals surface area contributed by atoms with Gasteiger partial charge in [-0.05, 0) is 49.3 Å². The van der Waals surface area contributed by atoms with Crippen LogP contribution in [0.2, 0.25) is 0 Å². The SMILES string of the molecule is CC(Cl)c1nc2cc(Br)ccc2n1CC1(C(C)C)CC1. The largest absolute Gasteiger partial charge is 0.326 e. The van der Waals surface area contributed by atoms with Crippen molar-refractivity contribution >= 4 is 38.6 Å². The number of nitrogens with zero attached hydrogens (tertiary/aromatic N) is 2. The van der Waals surface area contributed by atoms with Crippen molar-refractivity contribution in [1.82, 2.24) is 9.55 Å². The van der Waals surface area contributed by atoms with Crippen molar-refractivity contribution in [1.29, 1.82) is 0 Å². The number of fused-ring (bicyclic) bond motifs is 1. The molecule has 0 radical (unpaired) electrons. The minimum Gasteiger partial charge on any atom is -0.326 e. The van der Waals surface area contributed by atoms with Crippen LogP contribution in [0.25, 0.3) is 11.0 Å². The number of imidazole rings is 1. The summed E-state index contributed by atoms with van der Waals surface area (Å²) in [4.78, 5) is 4.75. The Morgan fingerprint density at radius 1 is 1.35 bits per heavy atom. The summed E-state index contributed by atoms with van der Waals surface area (Å²) in [5, 5.41) is -0.0656. The Kier molecular flexibility index (Phi) is 3.62. The van der Waals surface area contributed by atoms with Gasteiger partial charge >= 0.3 is 0 Å². The number of alkyl halides is 1. The predicted octanol–water partition coefficient (Wildman–Crippen LogP) is 5.53. The van der Waals surface area contributed by atoms with Crippen LogP contribution in [0.15, 0.2) is 22.7 Å². The predicted molar refractivity (Wildman–Crippen MR) is 88.2 cm³/mol. The molecule has 4 heteroatoms. The third-order valence-electron chi connectivity index (χ3n) is 4.69. The summed E-state index contributed by atoms with van der Waals surface area (Å²) >= 11 is 9.87. The minimum absolute atomic E-state index is 0.0656. The highest BCUT2D eigenvalue weighted by Crippen LogP contribution is 2.53. The summed E-state index contributed by atoms with van der Waals surface area (Å²) in [6.45, 7) is 7.69. The molecule has 1 fully saturated rings. The number of halogens is 2. The van der Waals surface area contributed by atoms with Crippen LogP contribution in [-0.2, 0) is 6.54 Å². The molecule has 0 aliphatic heterocycles. The maximum Gasteiger partial charge on any atom is 0.127 e. The van der Waals surface area contributed by atoms with Crippen molar-refractivity contribution in [2.45, 2.75) is 45.5 Å². The minimum atomic E-state index is -0.0656. The van der Waals surface area contributed by atoms with Crippen molar-refractivity contribution in [3.63, 3.8) is 0 Å². The Hall–Kier alpha value is -0.540. The Morgan fingerprint density at radius 2 is 2.05 bits per heavy atom. The van der Waals surface area contributed by atoms with Gasteiger partial charge in [0.2, 0.25) is 0 Å². The van der Waals surface area contributed by atoms with Crippen LogP contribution in [0.4, 0.5) is 0 Å². The van der Waals surface area contributed by atoms with E-state index in [1.54, 1.807) is 0 Å². The zero-order valence-electron chi connectivity index (χ0n) is 12.2. The fraction of sp³-hybridized carbons (Fsp3) is 0.562. The Morgan fingerprint density at radius 3 is 2.60 bits per heavy atom. The summed E-state index contributed by atoms with van der Waals surface area (Å²) in [6, 6.07) is 6.30. The number of aromatic nitrogens is 2. The Labute approximate surface area is 133 Å². The summed E-state index contributed by atoms with van der Waals surface area (Å²) < 4.78 is 3.40. The van der Waals surface area contributed by atoms with E-state index >= 15 is 0 Å². The first-order chi connectivity index (χ1) is 9.43. The van der Waals surface area contributed by atoms with Gasteiger partial charge in [-0.15, -0.1) is 11.6 Å². The standard InChI is InChI=1S/C16H20BrClN2/c1-10(2)16(6-7-16)9-20-14-5-4-12(17)8-13(14)19-15(20)11(3)18/h4-5,8,10-11H,6-7,9H2,1-3H3. The molecule has 0 N–H and O–H groups in total. The topological polar surface area (TPSA) is 17.8 Å². The molecule has 2 aromatic rings. The summed E-state index contributed by atoms with van der Waals surface area (Å²) in [5.74, 6) is 1.69. The molecule has 1 aliphatic carbocycles. The monoisotopic (exact) mass is 354 g/mol. The summed E-state index contributed by atoms with van der Waals surface area (Å²) in [7, 11) is 0. The van der Waals surface area contributed by atoms with Crippen LogP contribution in [0.1, 0.15) is 44.8 Å². The lowest BCUT2D eigenvalue weighted by Gasteiger charge is -2.22. The molecule has 1 heterocycles. The van der Waals surface area contributed by atoms with Gasteiger partial charge in [-0.25, -0.2) is 4.98 Å². The molecule has 3 rings (SSSR count). The lowest BCUT2D eigenvalue weighted by molar-refractivity contribution is 0.308. The quantitative estimate of drug-likeness (QED) is 0.659. The molecule has 0 bridgehead atoms.